The van der Waals surface area contributed by atoms with Crippen LogP contribution in [0.1, 0.15) is 21.5 Å². The van der Waals surface area contributed by atoms with E-state index in [-0.39, 0.29) is 5.91 Å². The van der Waals surface area contributed by atoms with Gasteiger partial charge in [0.1, 0.15) is 0 Å². The van der Waals surface area contributed by atoms with Crippen LogP contribution < -0.4 is 5.73 Å². The Morgan fingerprint density at radius 2 is 1.95 bits per heavy atom. The smallest absolute Gasteiger partial charge is 0.253 e. The lowest BCUT2D eigenvalue weighted by Crippen LogP contribution is -2.26. The fourth-order valence-electron chi connectivity index (χ4n) is 1.84. The molecule has 4 heteroatoms. The summed E-state index contributed by atoms with van der Waals surface area (Å²) in [7, 11) is 1.78. The molecule has 0 aliphatic carbocycles. The molecule has 0 saturated carbocycles. The number of hydrogen-bond acceptors (Lipinski definition) is 3. The maximum atomic E-state index is 12.2. The Balaban J connectivity index is 2.06. The fourth-order valence-corrected chi connectivity index (χ4v) is 1.84. The molecule has 2 N–H and O–H groups in total. The van der Waals surface area contributed by atoms with Crippen molar-refractivity contribution in [3.05, 3.63) is 65.5 Å². The first-order chi connectivity index (χ1) is 9.20. The zero-order valence-corrected chi connectivity index (χ0v) is 10.9. The van der Waals surface area contributed by atoms with Gasteiger partial charge in [0.2, 0.25) is 0 Å². The van der Waals surface area contributed by atoms with Gasteiger partial charge in [-0.2, -0.15) is 0 Å². The molecule has 0 fully saturated rings. The summed E-state index contributed by atoms with van der Waals surface area (Å²) < 4.78 is 0. The van der Waals surface area contributed by atoms with Crippen LogP contribution >= 0.6 is 0 Å². The Hall–Kier alpha value is -2.20. The molecule has 0 saturated heterocycles. The van der Waals surface area contributed by atoms with E-state index in [0.29, 0.717) is 18.7 Å². The minimum absolute atomic E-state index is 0.00701. The number of carbonyl (C=O) groups excluding carboxylic acids is 1. The van der Waals surface area contributed by atoms with Crippen molar-refractivity contribution in [1.82, 2.24) is 9.88 Å². The average molecular weight is 255 g/mol. The molecule has 2 rings (SSSR count). The van der Waals surface area contributed by atoms with Gasteiger partial charge in [-0.25, -0.2) is 0 Å². The van der Waals surface area contributed by atoms with Crippen LogP contribution in [0.25, 0.3) is 0 Å². The largest absolute Gasteiger partial charge is 0.337 e. The van der Waals surface area contributed by atoms with Gasteiger partial charge >= 0.3 is 0 Å². The van der Waals surface area contributed by atoms with Crippen LogP contribution in [0.4, 0.5) is 0 Å². The number of aromatic nitrogens is 1. The normalized spacial score (nSPS) is 10.2. The predicted octanol–water partition coefficient (Wildman–Crippen LogP) is 1.81. The molecule has 0 atom stereocenters. The molecule has 0 aliphatic rings. The first kappa shape index (κ1) is 13.2. The Morgan fingerprint density at radius 3 is 2.53 bits per heavy atom. The minimum Gasteiger partial charge on any atom is -0.337 e. The van der Waals surface area contributed by atoms with Crippen LogP contribution in [0.5, 0.6) is 0 Å². The average Bonchev–Trinajstić information content (AvgIpc) is 2.47. The molecule has 1 heterocycles. The van der Waals surface area contributed by atoms with Gasteiger partial charge in [-0.15, -0.1) is 0 Å². The number of rotatable bonds is 4. The zero-order chi connectivity index (χ0) is 13.7. The van der Waals surface area contributed by atoms with Gasteiger partial charge in [0, 0.05) is 38.1 Å². The fraction of sp³-hybridized carbons (Fsp3) is 0.200. The van der Waals surface area contributed by atoms with Gasteiger partial charge < -0.3 is 10.6 Å². The summed E-state index contributed by atoms with van der Waals surface area (Å²) in [6, 6.07) is 11.2. The Morgan fingerprint density at radius 1 is 1.21 bits per heavy atom. The van der Waals surface area contributed by atoms with Crippen molar-refractivity contribution >= 4 is 5.91 Å². The van der Waals surface area contributed by atoms with Crippen LogP contribution in [0.3, 0.4) is 0 Å². The van der Waals surface area contributed by atoms with Crippen molar-refractivity contribution in [3.63, 3.8) is 0 Å². The molecule has 98 valence electrons. The predicted molar refractivity (Wildman–Crippen MR) is 74.4 cm³/mol. The van der Waals surface area contributed by atoms with Gasteiger partial charge in [-0.1, -0.05) is 18.2 Å². The van der Waals surface area contributed by atoms with Gasteiger partial charge in [0.25, 0.3) is 5.91 Å². The third-order valence-electron chi connectivity index (χ3n) is 2.93. The molecule has 4 nitrogen and oxygen atoms in total. The molecule has 19 heavy (non-hydrogen) atoms. The summed E-state index contributed by atoms with van der Waals surface area (Å²) in [5.41, 5.74) is 8.24. The lowest BCUT2D eigenvalue weighted by Gasteiger charge is -2.17. The summed E-state index contributed by atoms with van der Waals surface area (Å²) in [6.45, 7) is 1.03. The number of hydrogen-bond donors (Lipinski definition) is 1. The molecule has 1 aromatic carbocycles. The van der Waals surface area contributed by atoms with Crippen molar-refractivity contribution < 1.29 is 4.79 Å². The Bertz CT molecular complexity index is 537. The molecule has 0 aliphatic heterocycles. The zero-order valence-electron chi connectivity index (χ0n) is 10.9. The van der Waals surface area contributed by atoms with Crippen LogP contribution in [-0.2, 0) is 13.1 Å². The summed E-state index contributed by atoms with van der Waals surface area (Å²) in [5.74, 6) is -0.00701. The minimum atomic E-state index is -0.00701. The molecule has 0 spiro atoms. The second-order valence-corrected chi connectivity index (χ2v) is 4.42. The van der Waals surface area contributed by atoms with Crippen molar-refractivity contribution in [2.75, 3.05) is 7.05 Å². The molecule has 1 amide bonds. The second-order valence-electron chi connectivity index (χ2n) is 4.42. The lowest BCUT2D eigenvalue weighted by molar-refractivity contribution is 0.0785. The van der Waals surface area contributed by atoms with Crippen LogP contribution in [0.15, 0.2) is 48.8 Å². The van der Waals surface area contributed by atoms with Crippen LogP contribution in [0.2, 0.25) is 0 Å². The molecule has 2 aromatic rings. The quantitative estimate of drug-likeness (QED) is 0.906. The van der Waals surface area contributed by atoms with Gasteiger partial charge in [0.15, 0.2) is 0 Å². The van der Waals surface area contributed by atoms with Gasteiger partial charge in [-0.3, -0.25) is 9.78 Å². The van der Waals surface area contributed by atoms with E-state index in [4.69, 9.17) is 5.73 Å². The summed E-state index contributed by atoms with van der Waals surface area (Å²) in [4.78, 5) is 17.9. The first-order valence-electron chi connectivity index (χ1n) is 6.14. The van der Waals surface area contributed by atoms with Gasteiger partial charge in [0.05, 0.1) is 0 Å². The highest BCUT2D eigenvalue weighted by Crippen LogP contribution is 2.09. The summed E-state index contributed by atoms with van der Waals surface area (Å²) >= 11 is 0. The number of pyridine rings is 1. The van der Waals surface area contributed by atoms with E-state index in [1.165, 1.54) is 0 Å². The highest BCUT2D eigenvalue weighted by Gasteiger charge is 2.11. The number of carbonyl (C=O) groups is 1. The maximum absolute atomic E-state index is 12.2. The summed E-state index contributed by atoms with van der Waals surface area (Å²) in [5, 5.41) is 0. The number of amides is 1. The van der Waals surface area contributed by atoms with E-state index in [0.717, 1.165) is 11.1 Å². The highest BCUT2D eigenvalue weighted by molar-refractivity contribution is 5.94. The Kier molecular flexibility index (Phi) is 4.26. The van der Waals surface area contributed by atoms with Crippen molar-refractivity contribution in [2.45, 2.75) is 13.1 Å². The van der Waals surface area contributed by atoms with Crippen LogP contribution in [-0.4, -0.2) is 22.8 Å². The van der Waals surface area contributed by atoms with E-state index in [1.54, 1.807) is 24.3 Å². The molecule has 1 aromatic heterocycles. The molecule has 0 radical (unpaired) electrons. The van der Waals surface area contributed by atoms with E-state index in [9.17, 15) is 4.79 Å². The highest BCUT2D eigenvalue weighted by atomic mass is 16.2. The SMILES string of the molecule is CN(Cc1cccnc1)C(=O)c1ccc(CN)cc1. The summed E-state index contributed by atoms with van der Waals surface area (Å²) in [6.07, 6.45) is 3.48. The van der Waals surface area contributed by atoms with Crippen LogP contribution in [0, 0.1) is 0 Å². The first-order valence-corrected chi connectivity index (χ1v) is 6.14. The van der Waals surface area contributed by atoms with Crippen molar-refractivity contribution in [3.8, 4) is 0 Å². The number of nitrogens with two attached hydrogens (primary N) is 1. The Labute approximate surface area is 112 Å². The molecular weight excluding hydrogens is 238 g/mol. The van der Waals surface area contributed by atoms with E-state index >= 15 is 0 Å². The standard InChI is InChI=1S/C15H17N3O/c1-18(11-13-3-2-8-17-10-13)15(19)14-6-4-12(9-16)5-7-14/h2-8,10H,9,11,16H2,1H3. The molecule has 0 unspecified atom stereocenters. The molecular formula is C15H17N3O. The lowest BCUT2D eigenvalue weighted by atomic mass is 10.1. The van der Waals surface area contributed by atoms with Crippen molar-refractivity contribution in [2.24, 2.45) is 5.73 Å². The van der Waals surface area contributed by atoms with E-state index in [2.05, 4.69) is 4.98 Å². The van der Waals surface area contributed by atoms with Crippen molar-refractivity contribution in [1.29, 1.82) is 0 Å². The topological polar surface area (TPSA) is 59.2 Å². The number of nitrogens with zero attached hydrogens (tertiary/aromatic N) is 2. The van der Waals surface area contributed by atoms with E-state index < -0.39 is 0 Å². The number of benzene rings is 1. The third-order valence-corrected chi connectivity index (χ3v) is 2.93. The van der Waals surface area contributed by atoms with Gasteiger partial charge in [-0.05, 0) is 29.3 Å². The molecule has 0 bridgehead atoms. The maximum Gasteiger partial charge on any atom is 0.253 e. The third kappa shape index (κ3) is 3.39. The second kappa shape index (κ2) is 6.11. The van der Waals surface area contributed by atoms with E-state index in [1.807, 2.05) is 36.4 Å². The monoisotopic (exact) mass is 255 g/mol.